The molecule has 0 bridgehead atoms. The summed E-state index contributed by atoms with van der Waals surface area (Å²) >= 11 is 0. The van der Waals surface area contributed by atoms with Crippen LogP contribution in [0.1, 0.15) is 20.3 Å². The molecule has 1 fully saturated rings. The Balaban J connectivity index is 2.69. The molecule has 5 atom stereocenters. The molecule has 0 aliphatic carbocycles. The number of hydrogen-bond acceptors (Lipinski definition) is 5. The van der Waals surface area contributed by atoms with Crippen LogP contribution in [0.3, 0.4) is 0 Å². The normalized spacial score (nSPS) is 42.2. The maximum Gasteiger partial charge on any atom is 0.165 e. The van der Waals surface area contributed by atoms with Gasteiger partial charge in [-0.25, -0.2) is 0 Å². The van der Waals surface area contributed by atoms with E-state index < -0.39 is 30.5 Å². The fraction of sp³-hybridized carbons (Fsp3) is 1.00. The molecule has 90 valence electrons. The van der Waals surface area contributed by atoms with E-state index >= 15 is 0 Å². The van der Waals surface area contributed by atoms with E-state index in [0.29, 0.717) is 12.3 Å². The highest BCUT2D eigenvalue weighted by Crippen LogP contribution is 2.32. The second-order valence-corrected chi connectivity index (χ2v) is 4.55. The zero-order chi connectivity index (χ0) is 11.6. The first-order valence-corrected chi connectivity index (χ1v) is 5.28. The van der Waals surface area contributed by atoms with E-state index in [1.165, 1.54) is 0 Å². The van der Waals surface area contributed by atoms with E-state index in [1.54, 1.807) is 0 Å². The Kier molecular flexibility index (Phi) is 4.48. The van der Waals surface area contributed by atoms with E-state index in [9.17, 15) is 15.3 Å². The summed E-state index contributed by atoms with van der Waals surface area (Å²) in [5.74, 6) is -0.889. The quantitative estimate of drug-likeness (QED) is 0.504. The van der Waals surface area contributed by atoms with Gasteiger partial charge >= 0.3 is 0 Å². The monoisotopic (exact) mass is 220 g/mol. The average Bonchev–Trinajstić information content (AvgIpc) is 2.12. The molecule has 0 spiro atoms. The fourth-order valence-corrected chi connectivity index (χ4v) is 2.00. The first-order valence-electron chi connectivity index (χ1n) is 5.28. The van der Waals surface area contributed by atoms with Crippen molar-refractivity contribution in [1.82, 2.24) is 0 Å². The first kappa shape index (κ1) is 12.9. The van der Waals surface area contributed by atoms with Gasteiger partial charge in [-0.3, -0.25) is 0 Å². The lowest BCUT2D eigenvalue weighted by Gasteiger charge is -2.40. The molecule has 0 amide bonds. The molecule has 5 nitrogen and oxygen atoms in total. The summed E-state index contributed by atoms with van der Waals surface area (Å²) in [5.41, 5.74) is 0. The van der Waals surface area contributed by atoms with Gasteiger partial charge in [-0.1, -0.05) is 13.8 Å². The molecule has 0 aromatic rings. The number of ether oxygens (including phenoxy) is 1. The topological polar surface area (TPSA) is 90.2 Å². The second-order valence-electron chi connectivity index (χ2n) is 4.55. The molecule has 0 aromatic heterocycles. The Morgan fingerprint density at radius 3 is 2.07 bits per heavy atom. The van der Waals surface area contributed by atoms with E-state index in [1.807, 2.05) is 13.8 Å². The van der Waals surface area contributed by atoms with Crippen LogP contribution in [-0.4, -0.2) is 45.7 Å². The maximum atomic E-state index is 9.86. The fourth-order valence-electron chi connectivity index (χ4n) is 2.00. The van der Waals surface area contributed by atoms with Crippen molar-refractivity contribution in [1.29, 1.82) is 0 Å². The van der Waals surface area contributed by atoms with Crippen LogP contribution in [0.5, 0.6) is 0 Å². The number of aliphatic hydroxyl groups excluding tert-OH is 4. The molecular weight excluding hydrogens is 200 g/mol. The van der Waals surface area contributed by atoms with Crippen molar-refractivity contribution in [2.45, 2.75) is 39.0 Å². The predicted molar refractivity (Wildman–Crippen MR) is 52.6 cm³/mol. The van der Waals surface area contributed by atoms with Gasteiger partial charge in [-0.2, -0.15) is 0 Å². The zero-order valence-corrected chi connectivity index (χ0v) is 9.08. The van der Waals surface area contributed by atoms with Gasteiger partial charge in [0, 0.05) is 5.92 Å². The average molecular weight is 220 g/mol. The van der Waals surface area contributed by atoms with Crippen molar-refractivity contribution in [3.05, 3.63) is 0 Å². The Labute approximate surface area is 89.3 Å². The molecule has 15 heavy (non-hydrogen) atoms. The van der Waals surface area contributed by atoms with Gasteiger partial charge < -0.3 is 25.2 Å². The molecule has 5 unspecified atom stereocenters. The molecule has 0 aromatic carbocycles. The van der Waals surface area contributed by atoms with Crippen LogP contribution in [0.15, 0.2) is 0 Å². The van der Waals surface area contributed by atoms with Crippen LogP contribution in [0.4, 0.5) is 0 Å². The molecule has 1 aliphatic heterocycles. The summed E-state index contributed by atoms with van der Waals surface area (Å²) in [5, 5.41) is 37.8. The molecule has 0 radical (unpaired) electrons. The van der Waals surface area contributed by atoms with Crippen LogP contribution in [0.2, 0.25) is 0 Å². The number of hydrogen-bond donors (Lipinski definition) is 4. The van der Waals surface area contributed by atoms with Crippen LogP contribution in [-0.2, 0) is 4.74 Å². The Morgan fingerprint density at radius 1 is 1.07 bits per heavy atom. The smallest absolute Gasteiger partial charge is 0.165 e. The summed E-state index contributed by atoms with van der Waals surface area (Å²) in [7, 11) is 0. The minimum atomic E-state index is -1.30. The highest BCUT2D eigenvalue weighted by molar-refractivity contribution is 4.84. The van der Waals surface area contributed by atoms with Gasteiger partial charge in [-0.15, -0.1) is 0 Å². The van der Waals surface area contributed by atoms with Gasteiger partial charge in [0.15, 0.2) is 12.6 Å². The van der Waals surface area contributed by atoms with Crippen LogP contribution in [0, 0.1) is 17.8 Å². The van der Waals surface area contributed by atoms with Gasteiger partial charge in [-0.05, 0) is 12.3 Å². The molecule has 1 aliphatic rings. The molecule has 1 heterocycles. The molecular formula is C10H20O5. The van der Waals surface area contributed by atoms with Crippen molar-refractivity contribution in [3.8, 4) is 0 Å². The maximum absolute atomic E-state index is 9.86. The minimum absolute atomic E-state index is 0.303. The lowest BCUT2D eigenvalue weighted by Crippen LogP contribution is -2.52. The highest BCUT2D eigenvalue weighted by atomic mass is 16.7. The van der Waals surface area contributed by atoms with E-state index in [2.05, 4.69) is 0 Å². The van der Waals surface area contributed by atoms with Gasteiger partial charge in [0.1, 0.15) is 0 Å². The first-order chi connectivity index (χ1) is 6.97. The minimum Gasteiger partial charge on any atom is -0.396 e. The number of rotatable bonds is 3. The summed E-state index contributed by atoms with van der Waals surface area (Å²) < 4.78 is 4.86. The van der Waals surface area contributed by atoms with E-state index in [4.69, 9.17) is 9.84 Å². The Hall–Kier alpha value is -0.200. The van der Waals surface area contributed by atoms with Crippen LogP contribution < -0.4 is 0 Å². The highest BCUT2D eigenvalue weighted by Gasteiger charge is 2.43. The third-order valence-corrected chi connectivity index (χ3v) is 2.84. The summed E-state index contributed by atoms with van der Waals surface area (Å²) in [4.78, 5) is 0. The molecule has 5 heteroatoms. The van der Waals surface area contributed by atoms with Crippen molar-refractivity contribution in [2.75, 3.05) is 6.61 Å². The van der Waals surface area contributed by atoms with Crippen LogP contribution in [0.25, 0.3) is 0 Å². The summed E-state index contributed by atoms with van der Waals surface area (Å²) in [6, 6.07) is 0. The molecule has 1 rings (SSSR count). The molecule has 4 N–H and O–H groups in total. The van der Waals surface area contributed by atoms with Crippen molar-refractivity contribution in [2.24, 2.45) is 17.8 Å². The lowest BCUT2D eigenvalue weighted by atomic mass is 9.82. The lowest BCUT2D eigenvalue weighted by molar-refractivity contribution is -0.309. The Bertz CT molecular complexity index is 196. The zero-order valence-electron chi connectivity index (χ0n) is 9.08. The van der Waals surface area contributed by atoms with E-state index in [-0.39, 0.29) is 6.61 Å². The standard InChI is InChI=1S/C10H20O5/c1-5(2)3-6-8(12)7(4-11)10(14)15-9(6)13/h5-14H,3-4H2,1-2H3. The van der Waals surface area contributed by atoms with Gasteiger partial charge in [0.05, 0.1) is 18.6 Å². The third-order valence-electron chi connectivity index (χ3n) is 2.84. The van der Waals surface area contributed by atoms with Crippen molar-refractivity contribution >= 4 is 0 Å². The van der Waals surface area contributed by atoms with Gasteiger partial charge in [0.25, 0.3) is 0 Å². The SMILES string of the molecule is CC(C)CC1C(O)OC(O)C(CO)C1O. The van der Waals surface area contributed by atoms with E-state index in [0.717, 1.165) is 0 Å². The van der Waals surface area contributed by atoms with Gasteiger partial charge in [0.2, 0.25) is 0 Å². The Morgan fingerprint density at radius 2 is 1.60 bits per heavy atom. The van der Waals surface area contributed by atoms with Crippen molar-refractivity contribution in [3.63, 3.8) is 0 Å². The second kappa shape index (κ2) is 5.23. The molecule has 1 saturated heterocycles. The largest absolute Gasteiger partial charge is 0.396 e. The summed E-state index contributed by atoms with van der Waals surface area (Å²) in [6.45, 7) is 3.58. The number of aliphatic hydroxyl groups is 4. The molecule has 0 saturated carbocycles. The third kappa shape index (κ3) is 2.89. The summed E-state index contributed by atoms with van der Waals surface area (Å²) in [6.07, 6.45) is -2.81. The predicted octanol–water partition coefficient (Wildman–Crippen LogP) is -0.715. The van der Waals surface area contributed by atoms with Crippen molar-refractivity contribution < 1.29 is 25.2 Å². The van der Waals surface area contributed by atoms with Crippen LogP contribution >= 0.6 is 0 Å².